The molecule has 0 spiro atoms. The van der Waals surface area contributed by atoms with E-state index in [1.807, 2.05) is 13.0 Å². The standard InChI is InChI=1S/C27H40O7.Na/c1-5-11-27(4,12-6-2)26(33)34-23-15-20(29)13-18-8-7-17(3)22(25(18)23)10-9-19(28)14-21(30)16-24(31)32;/h5-8,13,17,19-23,25,28-30H,1-2,9-12,14-16H2,3-4H3,(H,31,32);/q;+1/p-1/t17-,19+,20+,21+,22-,23-,25-;/m0./s1. The Bertz CT molecular complexity index is 795. The van der Waals surface area contributed by atoms with E-state index in [0.717, 1.165) is 5.57 Å². The van der Waals surface area contributed by atoms with Crippen molar-refractivity contribution in [1.82, 2.24) is 0 Å². The van der Waals surface area contributed by atoms with Crippen LogP contribution in [-0.4, -0.2) is 51.7 Å². The largest absolute Gasteiger partial charge is 1.00 e. The van der Waals surface area contributed by atoms with Crippen molar-refractivity contribution in [3.8, 4) is 0 Å². The summed E-state index contributed by atoms with van der Waals surface area (Å²) in [5.74, 6) is -1.65. The van der Waals surface area contributed by atoms with Gasteiger partial charge in [0.15, 0.2) is 0 Å². The van der Waals surface area contributed by atoms with E-state index in [2.05, 4.69) is 26.2 Å². The van der Waals surface area contributed by atoms with Gasteiger partial charge in [-0.25, -0.2) is 0 Å². The zero-order valence-electron chi connectivity index (χ0n) is 21.3. The number of carboxylic acid groups (broad SMARTS) is 1. The third kappa shape index (κ3) is 8.99. The second-order valence-electron chi connectivity index (χ2n) is 10.1. The van der Waals surface area contributed by atoms with Gasteiger partial charge in [0.1, 0.15) is 6.10 Å². The molecule has 0 aromatic rings. The molecule has 0 aliphatic heterocycles. The predicted molar refractivity (Wildman–Crippen MR) is 127 cm³/mol. The first kappa shape index (κ1) is 31.8. The van der Waals surface area contributed by atoms with E-state index in [0.29, 0.717) is 32.1 Å². The van der Waals surface area contributed by atoms with Crippen LogP contribution in [-0.2, 0) is 14.3 Å². The minimum Gasteiger partial charge on any atom is -0.550 e. The molecular weight excluding hydrogens is 459 g/mol. The SMILES string of the molecule is C=CCC(C)(CC=C)C(=O)O[C@H]1C[C@H](O)C=C2C=C[C@H](C)[C@H](CC[C@@H](O)C[C@@H](O)CC(=O)[O-])[C@H]21.[Na+]. The molecule has 0 heterocycles. The molecule has 2 rings (SSSR count). The summed E-state index contributed by atoms with van der Waals surface area (Å²) in [4.78, 5) is 23.9. The maximum Gasteiger partial charge on any atom is 1.00 e. The molecule has 0 amide bonds. The maximum atomic E-state index is 13.2. The average Bonchev–Trinajstić information content (AvgIpc) is 2.72. The van der Waals surface area contributed by atoms with Gasteiger partial charge in [-0.05, 0) is 56.4 Å². The summed E-state index contributed by atoms with van der Waals surface area (Å²) in [6.45, 7) is 11.4. The molecule has 0 aromatic carbocycles. The fraction of sp³-hybridized carbons (Fsp3) is 0.630. The van der Waals surface area contributed by atoms with Crippen LogP contribution < -0.4 is 34.7 Å². The number of aliphatic hydroxyl groups excluding tert-OH is 3. The molecule has 7 nitrogen and oxygen atoms in total. The van der Waals surface area contributed by atoms with E-state index in [4.69, 9.17) is 4.74 Å². The summed E-state index contributed by atoms with van der Waals surface area (Å²) in [7, 11) is 0. The van der Waals surface area contributed by atoms with Gasteiger partial charge < -0.3 is 30.0 Å². The van der Waals surface area contributed by atoms with Gasteiger partial charge in [-0.1, -0.05) is 37.3 Å². The van der Waals surface area contributed by atoms with Gasteiger partial charge in [-0.2, -0.15) is 0 Å². The second kappa shape index (κ2) is 14.5. The van der Waals surface area contributed by atoms with Crippen molar-refractivity contribution >= 4 is 11.9 Å². The maximum absolute atomic E-state index is 13.2. The Balaban J connectivity index is 0.00000612. The van der Waals surface area contributed by atoms with Crippen molar-refractivity contribution in [2.45, 2.75) is 83.2 Å². The van der Waals surface area contributed by atoms with Crippen molar-refractivity contribution in [3.63, 3.8) is 0 Å². The molecule has 0 saturated heterocycles. The number of ether oxygens (including phenoxy) is 1. The number of rotatable bonds is 13. The summed E-state index contributed by atoms with van der Waals surface area (Å²) < 4.78 is 6.05. The van der Waals surface area contributed by atoms with Crippen LogP contribution in [0, 0.1) is 23.2 Å². The molecule has 8 heteroatoms. The number of aliphatic carboxylic acids is 1. The van der Waals surface area contributed by atoms with E-state index in [-0.39, 0.29) is 59.7 Å². The number of allylic oxidation sites excluding steroid dienone is 4. The number of carbonyl (C=O) groups is 2. The molecule has 190 valence electrons. The summed E-state index contributed by atoms with van der Waals surface area (Å²) in [6.07, 6.45) is 7.53. The molecule has 0 bridgehead atoms. The van der Waals surface area contributed by atoms with Gasteiger partial charge in [0, 0.05) is 24.7 Å². The number of carboxylic acids is 1. The number of fused-ring (bicyclic) bond motifs is 1. The van der Waals surface area contributed by atoms with Crippen molar-refractivity contribution in [2.75, 3.05) is 0 Å². The van der Waals surface area contributed by atoms with Gasteiger partial charge >= 0.3 is 35.5 Å². The fourth-order valence-corrected chi connectivity index (χ4v) is 5.25. The van der Waals surface area contributed by atoms with Crippen LogP contribution in [0.1, 0.15) is 58.8 Å². The smallest absolute Gasteiger partial charge is 0.550 e. The number of hydrogen-bond acceptors (Lipinski definition) is 7. The van der Waals surface area contributed by atoms with Crippen molar-refractivity contribution in [3.05, 3.63) is 49.1 Å². The summed E-state index contributed by atoms with van der Waals surface area (Å²) in [5, 5.41) is 41.3. The molecule has 2 aliphatic carbocycles. The van der Waals surface area contributed by atoms with Gasteiger partial charge in [-0.15, -0.1) is 13.2 Å². The number of aliphatic hydroxyl groups is 3. The summed E-state index contributed by atoms with van der Waals surface area (Å²) >= 11 is 0. The van der Waals surface area contributed by atoms with Gasteiger partial charge in [0.25, 0.3) is 0 Å². The summed E-state index contributed by atoms with van der Waals surface area (Å²) in [6, 6.07) is 0. The zero-order valence-corrected chi connectivity index (χ0v) is 23.3. The van der Waals surface area contributed by atoms with Crippen LogP contribution in [0.15, 0.2) is 49.1 Å². The van der Waals surface area contributed by atoms with Crippen LogP contribution >= 0.6 is 0 Å². The van der Waals surface area contributed by atoms with Gasteiger partial charge in [0.2, 0.25) is 0 Å². The minimum atomic E-state index is -1.36. The number of esters is 1. The van der Waals surface area contributed by atoms with E-state index >= 15 is 0 Å². The second-order valence-corrected chi connectivity index (χ2v) is 10.1. The third-order valence-corrected chi connectivity index (χ3v) is 7.09. The molecule has 3 N–H and O–H groups in total. The van der Waals surface area contributed by atoms with Crippen LogP contribution in [0.2, 0.25) is 0 Å². The monoisotopic (exact) mass is 498 g/mol. The Hall–Kier alpha value is -1.22. The topological polar surface area (TPSA) is 127 Å². The number of carbonyl (C=O) groups excluding carboxylic acids is 2. The Morgan fingerprint density at radius 1 is 1.26 bits per heavy atom. The minimum absolute atomic E-state index is 0. The van der Waals surface area contributed by atoms with E-state index in [1.54, 1.807) is 18.2 Å². The van der Waals surface area contributed by atoms with E-state index < -0.39 is 42.2 Å². The molecule has 2 aliphatic rings. The van der Waals surface area contributed by atoms with Crippen molar-refractivity contribution in [2.24, 2.45) is 23.2 Å². The van der Waals surface area contributed by atoms with E-state index in [9.17, 15) is 30.0 Å². The van der Waals surface area contributed by atoms with Crippen LogP contribution in [0.4, 0.5) is 0 Å². The Morgan fingerprint density at radius 2 is 1.89 bits per heavy atom. The summed E-state index contributed by atoms with van der Waals surface area (Å²) in [5.41, 5.74) is 0.132. The van der Waals surface area contributed by atoms with Crippen molar-refractivity contribution in [1.29, 1.82) is 0 Å². The van der Waals surface area contributed by atoms with Crippen LogP contribution in [0.3, 0.4) is 0 Å². The van der Waals surface area contributed by atoms with Crippen molar-refractivity contribution < 1.29 is 64.3 Å². The first-order valence-electron chi connectivity index (χ1n) is 12.1. The fourth-order valence-electron chi connectivity index (χ4n) is 5.25. The first-order chi connectivity index (χ1) is 16.0. The Labute approximate surface area is 230 Å². The molecule has 35 heavy (non-hydrogen) atoms. The predicted octanol–water partition coefficient (Wildman–Crippen LogP) is -0.778. The molecule has 0 saturated carbocycles. The van der Waals surface area contributed by atoms with Gasteiger partial charge in [-0.3, -0.25) is 4.79 Å². The van der Waals surface area contributed by atoms with Crippen LogP contribution in [0.5, 0.6) is 0 Å². The average molecular weight is 499 g/mol. The molecule has 0 unspecified atom stereocenters. The molecule has 0 fully saturated rings. The Morgan fingerprint density at radius 3 is 2.46 bits per heavy atom. The quantitative estimate of drug-likeness (QED) is 0.173. The molecular formula is C27H39NaO7. The third-order valence-electron chi connectivity index (χ3n) is 7.09. The number of hydrogen-bond donors (Lipinski definition) is 3. The zero-order chi connectivity index (χ0) is 25.5. The normalized spacial score (nSPS) is 27.5. The van der Waals surface area contributed by atoms with Crippen LogP contribution in [0.25, 0.3) is 0 Å². The van der Waals surface area contributed by atoms with E-state index in [1.165, 1.54) is 0 Å². The molecule has 0 aromatic heterocycles. The molecule has 0 radical (unpaired) electrons. The Kier molecular flexibility index (Phi) is 13.2. The molecule has 7 atom stereocenters. The first-order valence-corrected chi connectivity index (χ1v) is 12.1. The van der Waals surface area contributed by atoms with Gasteiger partial charge in [0.05, 0.1) is 23.7 Å².